The van der Waals surface area contributed by atoms with E-state index >= 15 is 0 Å². The minimum atomic E-state index is -0.967. The van der Waals surface area contributed by atoms with Crippen LogP contribution in [0.4, 0.5) is 0 Å². The monoisotopic (exact) mass is 534 g/mol. The fourth-order valence-corrected chi connectivity index (χ4v) is 4.35. The minimum Gasteiger partial charge on any atom is -0.354 e. The van der Waals surface area contributed by atoms with Crippen molar-refractivity contribution in [3.8, 4) is 22.5 Å². The van der Waals surface area contributed by atoms with Crippen molar-refractivity contribution in [2.45, 2.75) is 53.0 Å². The molecule has 3 rings (SSSR count). The summed E-state index contributed by atoms with van der Waals surface area (Å²) in [7, 11) is 0. The number of unbranched alkanes of at least 4 members (excludes halogenated alkanes) is 1. The van der Waals surface area contributed by atoms with Crippen LogP contribution in [0.5, 0.6) is 0 Å². The Morgan fingerprint density at radius 1 is 1.08 bits per heavy atom. The Labute approximate surface area is 228 Å². The van der Waals surface area contributed by atoms with Gasteiger partial charge in [-0.15, -0.1) is 10.2 Å². The second kappa shape index (κ2) is 14.7. The maximum atomic E-state index is 12.7. The van der Waals surface area contributed by atoms with Gasteiger partial charge in [-0.05, 0) is 40.7 Å². The van der Waals surface area contributed by atoms with Gasteiger partial charge in [0.2, 0.25) is 11.7 Å². The summed E-state index contributed by atoms with van der Waals surface area (Å²) in [5.74, 6) is -0.969. The van der Waals surface area contributed by atoms with E-state index < -0.39 is 17.7 Å². The molecule has 0 bridgehead atoms. The van der Waals surface area contributed by atoms with Gasteiger partial charge in [0.05, 0.1) is 5.84 Å². The second-order valence-corrected chi connectivity index (χ2v) is 9.90. The van der Waals surface area contributed by atoms with Crippen molar-refractivity contribution in [2.24, 2.45) is 11.8 Å². The van der Waals surface area contributed by atoms with Crippen molar-refractivity contribution >= 4 is 17.6 Å². The molecule has 0 aliphatic rings. The van der Waals surface area contributed by atoms with Gasteiger partial charge in [0, 0.05) is 31.6 Å². The number of amidine groups is 1. The molecule has 11 nitrogen and oxygen atoms in total. The van der Waals surface area contributed by atoms with Crippen molar-refractivity contribution in [2.75, 3.05) is 13.1 Å². The molecule has 0 fully saturated rings. The number of hydrogen-bond donors (Lipinski definition) is 5. The van der Waals surface area contributed by atoms with E-state index in [1.807, 2.05) is 67.3 Å². The van der Waals surface area contributed by atoms with E-state index in [9.17, 15) is 9.59 Å². The molecule has 3 aromatic rings. The van der Waals surface area contributed by atoms with Crippen LogP contribution < -0.4 is 10.8 Å². The van der Waals surface area contributed by atoms with E-state index in [1.165, 1.54) is 0 Å². The zero-order valence-corrected chi connectivity index (χ0v) is 22.8. The second-order valence-electron chi connectivity index (χ2n) is 9.90. The first-order chi connectivity index (χ1) is 18.8. The maximum Gasteiger partial charge on any atom is 0.255 e. The van der Waals surface area contributed by atoms with Gasteiger partial charge in [-0.1, -0.05) is 75.7 Å². The Kier molecular flexibility index (Phi) is 11.1. The Balaban J connectivity index is 1.69. The average molecular weight is 535 g/mol. The number of hydroxylamine groups is 1. The quantitative estimate of drug-likeness (QED) is 0.0691. The Bertz CT molecular complexity index is 1210. The third-order valence-electron chi connectivity index (χ3n) is 6.43. The summed E-state index contributed by atoms with van der Waals surface area (Å²) < 4.78 is 0. The lowest BCUT2D eigenvalue weighted by Crippen LogP contribution is -2.44. The van der Waals surface area contributed by atoms with E-state index in [0.717, 1.165) is 35.1 Å². The minimum absolute atomic E-state index is 0.110. The van der Waals surface area contributed by atoms with Gasteiger partial charge in [-0.25, -0.2) is 5.48 Å². The van der Waals surface area contributed by atoms with Gasteiger partial charge in [-0.3, -0.25) is 20.2 Å². The van der Waals surface area contributed by atoms with Crippen LogP contribution in [-0.2, 0) is 16.1 Å². The Hall–Kier alpha value is -4.12. The van der Waals surface area contributed by atoms with E-state index in [-0.39, 0.29) is 12.5 Å². The average Bonchev–Trinajstić information content (AvgIpc) is 3.49. The number of H-pyrrole nitrogens is 1. The van der Waals surface area contributed by atoms with Gasteiger partial charge in [0.25, 0.3) is 5.91 Å². The van der Waals surface area contributed by atoms with Crippen LogP contribution in [0, 0.1) is 17.2 Å². The predicted molar refractivity (Wildman–Crippen MR) is 149 cm³/mol. The number of carbonyl (C=O) groups is 2. The van der Waals surface area contributed by atoms with Gasteiger partial charge in [0.15, 0.2) is 0 Å². The molecule has 208 valence electrons. The number of nitrogens with one attached hydrogen (secondary N) is 4. The number of hydrogen-bond acceptors (Lipinski definition) is 7. The molecule has 0 spiro atoms. The summed E-state index contributed by atoms with van der Waals surface area (Å²) in [5.41, 5.74) is 5.50. The van der Waals surface area contributed by atoms with Crippen molar-refractivity contribution in [3.05, 3.63) is 54.1 Å². The number of rotatable bonds is 14. The van der Waals surface area contributed by atoms with Crippen molar-refractivity contribution < 1.29 is 14.8 Å². The zero-order chi connectivity index (χ0) is 28.2. The molecule has 2 aromatic carbocycles. The van der Waals surface area contributed by atoms with Gasteiger partial charge < -0.3 is 10.2 Å². The smallest absolute Gasteiger partial charge is 0.255 e. The molecule has 0 saturated heterocycles. The number of nitrogens with zero attached hydrogens (tertiary/aromatic N) is 4. The highest BCUT2D eigenvalue weighted by atomic mass is 16.5. The number of aromatic amines is 1. The lowest BCUT2D eigenvalue weighted by atomic mass is 9.95. The summed E-state index contributed by atoms with van der Waals surface area (Å²) in [6.07, 6.45) is 2.86. The summed E-state index contributed by atoms with van der Waals surface area (Å²) in [5, 5.41) is 34.9. The Morgan fingerprint density at radius 3 is 2.41 bits per heavy atom. The van der Waals surface area contributed by atoms with Crippen LogP contribution in [0.3, 0.4) is 0 Å². The standard InChI is InChI=1S/C28H38N8O3/c1-4-5-10-25(29)36(16-15-30-27(37)24(17-19(2)3)28(38)33-39)18-20-11-13-21(14-12-20)22-8-6-7-9-23(22)26-31-34-35-32-26/h6-9,11-14,19,24,29,39H,4-5,10,15-18H2,1-3H3,(H,30,37)(H,33,38)(H,31,32,34,35). The van der Waals surface area contributed by atoms with Crippen LogP contribution in [0.1, 0.15) is 52.0 Å². The SMILES string of the molecule is CCCCC(=N)N(CCNC(=O)C(CC(C)C)C(=O)NO)Cc1ccc(-c2ccccc2-c2nn[nH]n2)cc1. The number of aromatic nitrogens is 4. The zero-order valence-electron chi connectivity index (χ0n) is 22.8. The molecule has 2 amide bonds. The third-order valence-corrected chi connectivity index (χ3v) is 6.43. The number of benzene rings is 2. The molecule has 5 N–H and O–H groups in total. The molecule has 0 radical (unpaired) electrons. The number of tetrazole rings is 1. The topological polar surface area (TPSA) is 160 Å². The van der Waals surface area contributed by atoms with Crippen LogP contribution in [0.2, 0.25) is 0 Å². The van der Waals surface area contributed by atoms with E-state index in [4.69, 9.17) is 10.6 Å². The molecule has 11 heteroatoms. The summed E-state index contributed by atoms with van der Waals surface area (Å²) >= 11 is 0. The molecule has 1 unspecified atom stereocenters. The van der Waals surface area contributed by atoms with Crippen molar-refractivity contribution in [1.29, 1.82) is 5.41 Å². The molecule has 0 saturated carbocycles. The fourth-order valence-electron chi connectivity index (χ4n) is 4.35. The largest absolute Gasteiger partial charge is 0.354 e. The molecule has 39 heavy (non-hydrogen) atoms. The summed E-state index contributed by atoms with van der Waals surface area (Å²) in [4.78, 5) is 26.6. The van der Waals surface area contributed by atoms with Crippen molar-refractivity contribution in [3.63, 3.8) is 0 Å². The highest BCUT2D eigenvalue weighted by molar-refractivity contribution is 5.99. The molecule has 1 heterocycles. The Morgan fingerprint density at radius 2 is 1.79 bits per heavy atom. The molecule has 0 aliphatic heterocycles. The maximum absolute atomic E-state index is 12.7. The molecule has 1 aromatic heterocycles. The lowest BCUT2D eigenvalue weighted by Gasteiger charge is -2.26. The fraction of sp³-hybridized carbons (Fsp3) is 0.429. The van der Waals surface area contributed by atoms with Crippen LogP contribution >= 0.6 is 0 Å². The molecular weight excluding hydrogens is 496 g/mol. The highest BCUT2D eigenvalue weighted by Gasteiger charge is 2.27. The molecule has 1 atom stereocenters. The first-order valence-corrected chi connectivity index (χ1v) is 13.3. The summed E-state index contributed by atoms with van der Waals surface area (Å²) in [6.45, 7) is 7.12. The van der Waals surface area contributed by atoms with Crippen LogP contribution in [0.15, 0.2) is 48.5 Å². The van der Waals surface area contributed by atoms with E-state index in [2.05, 4.69) is 32.9 Å². The normalized spacial score (nSPS) is 11.7. The van der Waals surface area contributed by atoms with Crippen molar-refractivity contribution in [1.82, 2.24) is 36.3 Å². The van der Waals surface area contributed by atoms with Gasteiger partial charge in [-0.2, -0.15) is 5.21 Å². The third kappa shape index (κ3) is 8.44. The van der Waals surface area contributed by atoms with Gasteiger partial charge in [0.1, 0.15) is 5.92 Å². The summed E-state index contributed by atoms with van der Waals surface area (Å²) in [6, 6.07) is 16.0. The number of amides is 2. The van der Waals surface area contributed by atoms with E-state index in [0.29, 0.717) is 37.6 Å². The molecule has 0 aliphatic carbocycles. The predicted octanol–water partition coefficient (Wildman–Crippen LogP) is 3.79. The van der Waals surface area contributed by atoms with Crippen LogP contribution in [-0.4, -0.2) is 61.5 Å². The lowest BCUT2D eigenvalue weighted by molar-refractivity contribution is -0.141. The van der Waals surface area contributed by atoms with Gasteiger partial charge >= 0.3 is 0 Å². The molecular formula is C28H38N8O3. The van der Waals surface area contributed by atoms with Crippen LogP contribution in [0.25, 0.3) is 22.5 Å². The first-order valence-electron chi connectivity index (χ1n) is 13.3. The highest BCUT2D eigenvalue weighted by Crippen LogP contribution is 2.29. The van der Waals surface area contributed by atoms with E-state index in [1.54, 1.807) is 5.48 Å². The number of carbonyl (C=O) groups excluding carboxylic acids is 2. The first kappa shape index (κ1) is 29.4.